The van der Waals surface area contributed by atoms with Crippen LogP contribution in [0.2, 0.25) is 0 Å². The number of ether oxygens (including phenoxy) is 1. The molecule has 23 heavy (non-hydrogen) atoms. The lowest BCUT2D eigenvalue weighted by Gasteiger charge is -2.30. The maximum absolute atomic E-state index is 5.36. The fraction of sp³-hybridized carbons (Fsp3) is 0.444. The molecule has 0 bridgehead atoms. The highest BCUT2D eigenvalue weighted by Crippen LogP contribution is 2.28. The second-order valence-electron chi connectivity index (χ2n) is 6.23. The molecular weight excluding hydrogens is 288 g/mol. The smallest absolute Gasteiger partial charge is 0.134 e. The molecule has 0 saturated carbocycles. The fourth-order valence-corrected chi connectivity index (χ4v) is 3.49. The van der Waals surface area contributed by atoms with E-state index in [-0.39, 0.29) is 0 Å². The topological polar surface area (TPSA) is 41.5 Å². The molecule has 2 aliphatic rings. The van der Waals surface area contributed by atoms with Gasteiger partial charge in [0.2, 0.25) is 0 Å². The zero-order valence-electron chi connectivity index (χ0n) is 13.5. The molecule has 0 radical (unpaired) electrons. The molecule has 0 N–H and O–H groups in total. The van der Waals surface area contributed by atoms with Crippen LogP contribution in [0.4, 0.5) is 11.6 Å². The van der Waals surface area contributed by atoms with Crippen molar-refractivity contribution >= 4 is 11.6 Å². The molecule has 0 unspecified atom stereocenters. The van der Waals surface area contributed by atoms with Crippen molar-refractivity contribution in [2.24, 2.45) is 0 Å². The second-order valence-corrected chi connectivity index (χ2v) is 6.23. The van der Waals surface area contributed by atoms with Crippen LogP contribution in [0.3, 0.4) is 0 Å². The first-order chi connectivity index (χ1) is 11.3. The Morgan fingerprint density at radius 3 is 2.48 bits per heavy atom. The van der Waals surface area contributed by atoms with Gasteiger partial charge in [-0.15, -0.1) is 0 Å². The van der Waals surface area contributed by atoms with E-state index in [2.05, 4.69) is 38.0 Å². The van der Waals surface area contributed by atoms with E-state index in [1.807, 2.05) is 6.07 Å². The van der Waals surface area contributed by atoms with Crippen LogP contribution in [-0.4, -0.2) is 36.7 Å². The van der Waals surface area contributed by atoms with E-state index >= 15 is 0 Å². The van der Waals surface area contributed by atoms with Gasteiger partial charge in [-0.2, -0.15) is 0 Å². The molecule has 0 aliphatic carbocycles. The second kappa shape index (κ2) is 6.07. The van der Waals surface area contributed by atoms with Crippen molar-refractivity contribution in [3.05, 3.63) is 41.7 Å². The first-order valence-corrected chi connectivity index (χ1v) is 8.31. The summed E-state index contributed by atoms with van der Waals surface area (Å²) in [4.78, 5) is 13.7. The molecule has 5 heteroatoms. The largest absolute Gasteiger partial charge is 0.497 e. The Kier molecular flexibility index (Phi) is 3.77. The lowest BCUT2D eigenvalue weighted by Crippen LogP contribution is -2.31. The van der Waals surface area contributed by atoms with E-state index in [0.717, 1.165) is 50.0 Å². The van der Waals surface area contributed by atoms with Crippen molar-refractivity contribution < 1.29 is 4.74 Å². The zero-order chi connectivity index (χ0) is 15.6. The van der Waals surface area contributed by atoms with E-state index in [1.54, 1.807) is 13.4 Å². The summed E-state index contributed by atoms with van der Waals surface area (Å²) in [5.41, 5.74) is 2.74. The van der Waals surface area contributed by atoms with Gasteiger partial charge in [0.1, 0.15) is 23.7 Å². The highest BCUT2D eigenvalue weighted by atomic mass is 16.5. The van der Waals surface area contributed by atoms with Gasteiger partial charge in [-0.25, -0.2) is 9.97 Å². The van der Waals surface area contributed by atoms with E-state index in [4.69, 9.17) is 4.74 Å². The molecule has 1 fully saturated rings. The van der Waals surface area contributed by atoms with Crippen LogP contribution >= 0.6 is 0 Å². The van der Waals surface area contributed by atoms with Crippen LogP contribution in [0.25, 0.3) is 0 Å². The predicted molar refractivity (Wildman–Crippen MR) is 91.2 cm³/mol. The molecule has 1 aromatic carbocycles. The third-order valence-corrected chi connectivity index (χ3v) is 4.82. The van der Waals surface area contributed by atoms with Crippen molar-refractivity contribution in [3.8, 4) is 5.75 Å². The molecule has 0 amide bonds. The Labute approximate surface area is 136 Å². The molecule has 2 aromatic rings. The molecule has 120 valence electrons. The zero-order valence-corrected chi connectivity index (χ0v) is 13.5. The van der Waals surface area contributed by atoms with E-state index < -0.39 is 0 Å². The lowest BCUT2D eigenvalue weighted by molar-refractivity contribution is 0.413. The SMILES string of the molecule is COc1ccc2c(c1)CN(c1cc(N3CCCC3)ncn1)CC2. The number of rotatable bonds is 3. The van der Waals surface area contributed by atoms with Crippen LogP contribution in [0.5, 0.6) is 5.75 Å². The summed E-state index contributed by atoms with van der Waals surface area (Å²) in [5, 5.41) is 0. The molecule has 1 aromatic heterocycles. The maximum Gasteiger partial charge on any atom is 0.134 e. The fourth-order valence-electron chi connectivity index (χ4n) is 3.49. The molecule has 0 atom stereocenters. The number of benzene rings is 1. The van der Waals surface area contributed by atoms with Gasteiger partial charge in [0.25, 0.3) is 0 Å². The van der Waals surface area contributed by atoms with Crippen molar-refractivity contribution in [2.75, 3.05) is 36.5 Å². The number of hydrogen-bond acceptors (Lipinski definition) is 5. The summed E-state index contributed by atoms with van der Waals surface area (Å²) >= 11 is 0. The highest BCUT2D eigenvalue weighted by Gasteiger charge is 2.20. The highest BCUT2D eigenvalue weighted by molar-refractivity contribution is 5.52. The van der Waals surface area contributed by atoms with Crippen molar-refractivity contribution in [3.63, 3.8) is 0 Å². The van der Waals surface area contributed by atoms with Gasteiger partial charge in [0.05, 0.1) is 7.11 Å². The first-order valence-electron chi connectivity index (χ1n) is 8.31. The minimum atomic E-state index is 0.878. The molecule has 1 saturated heterocycles. The van der Waals surface area contributed by atoms with Crippen LogP contribution in [0, 0.1) is 0 Å². The summed E-state index contributed by atoms with van der Waals surface area (Å²) in [5.74, 6) is 3.00. The van der Waals surface area contributed by atoms with Crippen molar-refractivity contribution in [1.29, 1.82) is 0 Å². The predicted octanol–water partition coefficient (Wildman–Crippen LogP) is 2.65. The Balaban J connectivity index is 1.57. The van der Waals surface area contributed by atoms with E-state index in [9.17, 15) is 0 Å². The Bertz CT molecular complexity index is 697. The Hall–Kier alpha value is -2.30. The average Bonchev–Trinajstić information content (AvgIpc) is 3.15. The summed E-state index contributed by atoms with van der Waals surface area (Å²) in [7, 11) is 1.72. The van der Waals surface area contributed by atoms with Gasteiger partial charge in [-0.05, 0) is 42.5 Å². The minimum Gasteiger partial charge on any atom is -0.497 e. The number of hydrogen-bond donors (Lipinski definition) is 0. The molecule has 5 nitrogen and oxygen atoms in total. The van der Waals surface area contributed by atoms with Crippen molar-refractivity contribution in [1.82, 2.24) is 9.97 Å². The summed E-state index contributed by atoms with van der Waals surface area (Å²) in [6.07, 6.45) is 5.26. The van der Waals surface area contributed by atoms with Crippen LogP contribution < -0.4 is 14.5 Å². The first kappa shape index (κ1) is 14.3. The van der Waals surface area contributed by atoms with Gasteiger partial charge < -0.3 is 14.5 Å². The number of anilines is 2. The summed E-state index contributed by atoms with van der Waals surface area (Å²) in [6.45, 7) is 4.09. The van der Waals surface area contributed by atoms with Crippen LogP contribution in [-0.2, 0) is 13.0 Å². The van der Waals surface area contributed by atoms with Gasteiger partial charge in [0, 0.05) is 32.2 Å². The van der Waals surface area contributed by atoms with E-state index in [0.29, 0.717) is 0 Å². The van der Waals surface area contributed by atoms with Gasteiger partial charge in [-0.1, -0.05) is 6.07 Å². The number of nitrogens with zero attached hydrogens (tertiary/aromatic N) is 4. The average molecular weight is 310 g/mol. The number of aromatic nitrogens is 2. The minimum absolute atomic E-state index is 0.878. The molecular formula is C18H22N4O. The molecule has 2 aliphatic heterocycles. The third kappa shape index (κ3) is 2.83. The van der Waals surface area contributed by atoms with Gasteiger partial charge in [-0.3, -0.25) is 0 Å². The Morgan fingerprint density at radius 2 is 1.70 bits per heavy atom. The maximum atomic E-state index is 5.36. The normalized spacial score (nSPS) is 17.3. The quantitative estimate of drug-likeness (QED) is 0.872. The van der Waals surface area contributed by atoms with Crippen LogP contribution in [0.15, 0.2) is 30.6 Å². The summed E-state index contributed by atoms with van der Waals surface area (Å²) < 4.78 is 5.36. The summed E-state index contributed by atoms with van der Waals surface area (Å²) in [6, 6.07) is 8.51. The molecule has 3 heterocycles. The Morgan fingerprint density at radius 1 is 0.913 bits per heavy atom. The monoisotopic (exact) mass is 310 g/mol. The van der Waals surface area contributed by atoms with Gasteiger partial charge in [0.15, 0.2) is 0 Å². The molecule has 0 spiro atoms. The van der Waals surface area contributed by atoms with E-state index in [1.165, 1.54) is 24.0 Å². The lowest BCUT2D eigenvalue weighted by atomic mass is 9.99. The standard InChI is InChI=1S/C18H22N4O/c1-23-16-5-4-14-6-9-22(12-15(14)10-16)18-11-17(19-13-20-18)21-7-2-3-8-21/h4-5,10-11,13H,2-3,6-9,12H2,1H3. The third-order valence-electron chi connectivity index (χ3n) is 4.82. The van der Waals surface area contributed by atoms with Gasteiger partial charge >= 0.3 is 0 Å². The van der Waals surface area contributed by atoms with Crippen molar-refractivity contribution in [2.45, 2.75) is 25.8 Å². The molecule has 4 rings (SSSR count). The number of fused-ring (bicyclic) bond motifs is 1. The number of methoxy groups -OCH3 is 1. The van der Waals surface area contributed by atoms with Crippen LogP contribution in [0.1, 0.15) is 24.0 Å².